The van der Waals surface area contributed by atoms with E-state index in [1.165, 1.54) is 12.1 Å². The van der Waals surface area contributed by atoms with Gasteiger partial charge in [0.15, 0.2) is 0 Å². The maximum Gasteiger partial charge on any atom is 0.139 e. The average molecular weight is 164 g/mol. The minimum atomic E-state index is 0.833. The molecule has 64 valence electrons. The topological polar surface area (TPSA) is 25.4 Å². The summed E-state index contributed by atoms with van der Waals surface area (Å²) in [5, 5.41) is 0. The number of rotatable bonds is 2. The van der Waals surface area contributed by atoms with Gasteiger partial charge < -0.3 is 9.64 Å². The first-order valence-corrected chi connectivity index (χ1v) is 4.14. The van der Waals surface area contributed by atoms with E-state index < -0.39 is 0 Å². The zero-order chi connectivity index (χ0) is 8.39. The molecule has 0 radical (unpaired) electrons. The molecule has 0 aromatic carbocycles. The van der Waals surface area contributed by atoms with Gasteiger partial charge in [0.2, 0.25) is 0 Å². The van der Waals surface area contributed by atoms with E-state index in [0.29, 0.717) is 0 Å². The Morgan fingerprint density at radius 2 is 2.25 bits per heavy atom. The Balaban J connectivity index is 2.19. The Hall–Kier alpha value is -1.25. The van der Waals surface area contributed by atoms with Crippen molar-refractivity contribution in [3.05, 3.63) is 18.5 Å². The molecule has 0 aliphatic carbocycles. The highest BCUT2D eigenvalue weighted by Crippen LogP contribution is 2.22. The third kappa shape index (κ3) is 1.22. The van der Waals surface area contributed by atoms with E-state index in [2.05, 4.69) is 9.88 Å². The van der Waals surface area contributed by atoms with Gasteiger partial charge in [-0.15, -0.1) is 0 Å². The predicted octanol–water partition coefficient (Wildman–Crippen LogP) is 1.30. The van der Waals surface area contributed by atoms with Gasteiger partial charge in [0.25, 0.3) is 0 Å². The van der Waals surface area contributed by atoms with Gasteiger partial charge in [-0.2, -0.15) is 0 Å². The maximum atomic E-state index is 5.08. The summed E-state index contributed by atoms with van der Waals surface area (Å²) in [6.07, 6.45) is 4.89. The zero-order valence-electron chi connectivity index (χ0n) is 7.16. The molecule has 2 rings (SSSR count). The molecule has 1 fully saturated rings. The van der Waals surface area contributed by atoms with Gasteiger partial charge in [-0.25, -0.2) is 0 Å². The summed E-state index contributed by atoms with van der Waals surface area (Å²) >= 11 is 0. The van der Waals surface area contributed by atoms with Crippen LogP contribution >= 0.6 is 0 Å². The Morgan fingerprint density at radius 1 is 1.42 bits per heavy atom. The second kappa shape index (κ2) is 3.01. The quantitative estimate of drug-likeness (QED) is 0.658. The summed E-state index contributed by atoms with van der Waals surface area (Å²) in [6, 6.07) is 2.02. The molecule has 0 bridgehead atoms. The van der Waals surface area contributed by atoms with Gasteiger partial charge in [0, 0.05) is 19.2 Å². The molecule has 0 N–H and O–H groups in total. The molecule has 1 aliphatic heterocycles. The zero-order valence-corrected chi connectivity index (χ0v) is 7.16. The lowest BCUT2D eigenvalue weighted by atomic mass is 10.2. The van der Waals surface area contributed by atoms with E-state index in [4.69, 9.17) is 4.74 Å². The summed E-state index contributed by atoms with van der Waals surface area (Å²) in [5.74, 6) is 0.833. The van der Waals surface area contributed by atoms with Gasteiger partial charge in [0.05, 0.1) is 25.2 Å². The minimum absolute atomic E-state index is 0.833. The van der Waals surface area contributed by atoms with Crippen LogP contribution in [0, 0.1) is 0 Å². The summed E-state index contributed by atoms with van der Waals surface area (Å²) in [4.78, 5) is 6.38. The number of hydrogen-bond acceptors (Lipinski definition) is 3. The number of methoxy groups -OCH3 is 1. The number of pyridine rings is 1. The minimum Gasteiger partial charge on any atom is -0.495 e. The van der Waals surface area contributed by atoms with Crippen molar-refractivity contribution in [3.63, 3.8) is 0 Å². The fraction of sp³-hybridized carbons (Fsp3) is 0.444. The molecular formula is C9H12N2O. The van der Waals surface area contributed by atoms with Crippen LogP contribution in [0.25, 0.3) is 0 Å². The number of anilines is 1. The van der Waals surface area contributed by atoms with Gasteiger partial charge in [-0.3, -0.25) is 4.98 Å². The Kier molecular flexibility index (Phi) is 1.86. The lowest BCUT2D eigenvalue weighted by molar-refractivity contribution is 0.412. The van der Waals surface area contributed by atoms with E-state index in [0.717, 1.165) is 18.8 Å². The summed E-state index contributed by atoms with van der Waals surface area (Å²) in [7, 11) is 1.66. The van der Waals surface area contributed by atoms with Crippen LogP contribution < -0.4 is 9.64 Å². The maximum absolute atomic E-state index is 5.08. The number of ether oxygens (including phenoxy) is 1. The Morgan fingerprint density at radius 3 is 2.83 bits per heavy atom. The van der Waals surface area contributed by atoms with Crippen LogP contribution in [0.3, 0.4) is 0 Å². The standard InChI is InChI=1S/C9H12N2O/c1-12-9-5-8(6-10-7-9)11-3-2-4-11/h5-7H,2-4H2,1H3. The third-order valence-corrected chi connectivity index (χ3v) is 2.16. The van der Waals surface area contributed by atoms with Crippen LogP contribution in [0.2, 0.25) is 0 Å². The molecule has 1 aliphatic rings. The smallest absolute Gasteiger partial charge is 0.139 e. The largest absolute Gasteiger partial charge is 0.495 e. The molecule has 0 spiro atoms. The van der Waals surface area contributed by atoms with Crippen molar-refractivity contribution >= 4 is 5.69 Å². The summed E-state index contributed by atoms with van der Waals surface area (Å²) in [5.41, 5.74) is 1.17. The van der Waals surface area contributed by atoms with Crippen LogP contribution in [0.5, 0.6) is 5.75 Å². The van der Waals surface area contributed by atoms with Crippen LogP contribution in [0.15, 0.2) is 18.5 Å². The highest BCUT2D eigenvalue weighted by Gasteiger charge is 2.14. The van der Waals surface area contributed by atoms with Crippen LogP contribution in [-0.4, -0.2) is 25.2 Å². The van der Waals surface area contributed by atoms with E-state index >= 15 is 0 Å². The van der Waals surface area contributed by atoms with Crippen molar-refractivity contribution in [2.24, 2.45) is 0 Å². The summed E-state index contributed by atoms with van der Waals surface area (Å²) < 4.78 is 5.08. The fourth-order valence-electron chi connectivity index (χ4n) is 1.27. The fourth-order valence-corrected chi connectivity index (χ4v) is 1.27. The van der Waals surface area contributed by atoms with Crippen molar-refractivity contribution in [2.45, 2.75) is 6.42 Å². The van der Waals surface area contributed by atoms with Gasteiger partial charge in [-0.1, -0.05) is 0 Å². The first-order valence-electron chi connectivity index (χ1n) is 4.14. The van der Waals surface area contributed by atoms with E-state index in [-0.39, 0.29) is 0 Å². The first kappa shape index (κ1) is 7.40. The van der Waals surface area contributed by atoms with Gasteiger partial charge in [0.1, 0.15) is 5.75 Å². The molecule has 1 saturated heterocycles. The molecule has 0 amide bonds. The predicted molar refractivity (Wildman–Crippen MR) is 47.6 cm³/mol. The Labute approximate surface area is 72.0 Å². The van der Waals surface area contributed by atoms with E-state index in [9.17, 15) is 0 Å². The number of nitrogens with zero attached hydrogens (tertiary/aromatic N) is 2. The second-order valence-electron chi connectivity index (χ2n) is 2.92. The molecular weight excluding hydrogens is 152 g/mol. The lowest BCUT2D eigenvalue weighted by Gasteiger charge is -2.32. The normalized spacial score (nSPS) is 15.6. The molecule has 0 atom stereocenters. The second-order valence-corrected chi connectivity index (χ2v) is 2.92. The van der Waals surface area contributed by atoms with E-state index in [1.54, 1.807) is 13.3 Å². The van der Waals surface area contributed by atoms with Crippen LogP contribution in [0.1, 0.15) is 6.42 Å². The van der Waals surface area contributed by atoms with E-state index in [1.807, 2.05) is 12.3 Å². The molecule has 3 heteroatoms. The monoisotopic (exact) mass is 164 g/mol. The molecule has 1 aromatic heterocycles. The molecule has 12 heavy (non-hydrogen) atoms. The highest BCUT2D eigenvalue weighted by atomic mass is 16.5. The Bertz CT molecular complexity index is 271. The van der Waals surface area contributed by atoms with Gasteiger partial charge >= 0.3 is 0 Å². The lowest BCUT2D eigenvalue weighted by Crippen LogP contribution is -2.36. The highest BCUT2D eigenvalue weighted by molar-refractivity contribution is 5.49. The molecule has 2 heterocycles. The van der Waals surface area contributed by atoms with Crippen molar-refractivity contribution in [1.29, 1.82) is 0 Å². The molecule has 0 saturated carbocycles. The molecule has 0 unspecified atom stereocenters. The molecule has 1 aromatic rings. The SMILES string of the molecule is COc1cncc(N2CCC2)c1. The van der Waals surface area contributed by atoms with Gasteiger partial charge in [-0.05, 0) is 6.42 Å². The number of aromatic nitrogens is 1. The van der Waals surface area contributed by atoms with Crippen molar-refractivity contribution in [2.75, 3.05) is 25.1 Å². The van der Waals surface area contributed by atoms with Crippen LogP contribution in [-0.2, 0) is 0 Å². The average Bonchev–Trinajstić information content (AvgIpc) is 2.02. The van der Waals surface area contributed by atoms with Crippen molar-refractivity contribution in [3.8, 4) is 5.75 Å². The number of hydrogen-bond donors (Lipinski definition) is 0. The first-order chi connectivity index (χ1) is 5.90. The summed E-state index contributed by atoms with van der Waals surface area (Å²) in [6.45, 7) is 2.30. The molecule has 3 nitrogen and oxygen atoms in total. The van der Waals surface area contributed by atoms with Crippen molar-refractivity contribution < 1.29 is 4.74 Å². The van der Waals surface area contributed by atoms with Crippen LogP contribution in [0.4, 0.5) is 5.69 Å². The van der Waals surface area contributed by atoms with Crippen molar-refractivity contribution in [1.82, 2.24) is 4.98 Å². The third-order valence-electron chi connectivity index (χ3n) is 2.16.